The van der Waals surface area contributed by atoms with Gasteiger partial charge in [0.25, 0.3) is 11.8 Å². The summed E-state index contributed by atoms with van der Waals surface area (Å²) < 4.78 is 5.88. The number of hydrogen-bond donors (Lipinski definition) is 0. The van der Waals surface area contributed by atoms with E-state index in [1.165, 1.54) is 4.90 Å². The van der Waals surface area contributed by atoms with Gasteiger partial charge in [-0.1, -0.05) is 54.1 Å². The van der Waals surface area contributed by atoms with Crippen LogP contribution in [0.3, 0.4) is 0 Å². The summed E-state index contributed by atoms with van der Waals surface area (Å²) in [7, 11) is 0. The van der Waals surface area contributed by atoms with Crippen molar-refractivity contribution in [1.82, 2.24) is 4.90 Å². The summed E-state index contributed by atoms with van der Waals surface area (Å²) >= 11 is 5.91. The number of fused-ring (bicyclic) bond motifs is 1. The van der Waals surface area contributed by atoms with Gasteiger partial charge in [-0.15, -0.1) is 0 Å². The monoisotopic (exact) mass is 377 g/mol. The number of halogens is 1. The van der Waals surface area contributed by atoms with Crippen molar-refractivity contribution in [3.63, 3.8) is 0 Å². The Hall–Kier alpha value is -3.11. The third-order valence-corrected chi connectivity index (χ3v) is 4.79. The molecule has 4 nitrogen and oxygen atoms in total. The summed E-state index contributed by atoms with van der Waals surface area (Å²) in [5.41, 5.74) is 1.69. The summed E-state index contributed by atoms with van der Waals surface area (Å²) in [5.74, 6) is 0.0188. The molecule has 3 aromatic rings. The summed E-state index contributed by atoms with van der Waals surface area (Å²) in [6.45, 7) is 0.150. The first-order chi connectivity index (χ1) is 13.1. The molecule has 0 saturated carbocycles. The van der Waals surface area contributed by atoms with Gasteiger partial charge in [-0.05, 0) is 42.0 Å². The molecule has 5 heteroatoms. The average molecular weight is 378 g/mol. The van der Waals surface area contributed by atoms with E-state index in [2.05, 4.69) is 0 Å². The Kier molecular flexibility index (Phi) is 4.65. The van der Waals surface area contributed by atoms with Crippen LogP contribution in [0, 0.1) is 0 Å². The number of benzene rings is 3. The van der Waals surface area contributed by atoms with Crippen LogP contribution in [-0.4, -0.2) is 23.3 Å². The summed E-state index contributed by atoms with van der Waals surface area (Å²) in [6.07, 6.45) is 0. The molecule has 3 aromatic carbocycles. The maximum absolute atomic E-state index is 12.9. The minimum atomic E-state index is -0.533. The van der Waals surface area contributed by atoms with Crippen LogP contribution < -0.4 is 4.74 Å². The molecule has 0 fully saturated rings. The molecule has 0 bridgehead atoms. The van der Waals surface area contributed by atoms with Crippen LogP contribution in [0.5, 0.6) is 5.75 Å². The Bertz CT molecular complexity index is 951. The van der Waals surface area contributed by atoms with E-state index in [0.29, 0.717) is 21.9 Å². The predicted molar refractivity (Wildman–Crippen MR) is 103 cm³/mol. The first-order valence-corrected chi connectivity index (χ1v) is 8.93. The standard InChI is InChI=1S/C22H16ClNO3/c23-16-10-12-17(13-11-16)27-14-20(15-6-2-1-3-7-15)24-21(25)18-8-4-5-9-19(18)22(24)26/h1-13,20H,14H2/t20-/m1/s1. The summed E-state index contributed by atoms with van der Waals surface area (Å²) in [4.78, 5) is 27.1. The average Bonchev–Trinajstić information content (AvgIpc) is 2.96. The van der Waals surface area contributed by atoms with Crippen molar-refractivity contribution >= 4 is 23.4 Å². The minimum absolute atomic E-state index is 0.150. The Morgan fingerprint density at radius 3 is 1.93 bits per heavy atom. The molecular formula is C22H16ClNO3. The molecule has 2 amide bonds. The van der Waals surface area contributed by atoms with Gasteiger partial charge in [0, 0.05) is 5.02 Å². The highest BCUT2D eigenvalue weighted by molar-refractivity contribution is 6.30. The van der Waals surface area contributed by atoms with E-state index in [-0.39, 0.29) is 18.4 Å². The van der Waals surface area contributed by atoms with Gasteiger partial charge < -0.3 is 4.74 Å². The van der Waals surface area contributed by atoms with Crippen LogP contribution in [0.2, 0.25) is 5.02 Å². The number of amides is 2. The first kappa shape index (κ1) is 17.3. The molecule has 0 saturated heterocycles. The predicted octanol–water partition coefficient (Wildman–Crippen LogP) is 4.76. The SMILES string of the molecule is O=C1c2ccccc2C(=O)N1[C@H](COc1ccc(Cl)cc1)c1ccccc1. The number of carbonyl (C=O) groups excluding carboxylic acids is 2. The molecule has 1 aliphatic heterocycles. The third kappa shape index (κ3) is 3.32. The molecule has 134 valence electrons. The van der Waals surface area contributed by atoms with Crippen molar-refractivity contribution in [3.8, 4) is 5.75 Å². The van der Waals surface area contributed by atoms with Gasteiger partial charge in [0.1, 0.15) is 12.4 Å². The van der Waals surface area contributed by atoms with Crippen molar-refractivity contribution in [2.75, 3.05) is 6.61 Å². The van der Waals surface area contributed by atoms with Gasteiger partial charge in [-0.25, -0.2) is 0 Å². The molecule has 1 aliphatic rings. The fourth-order valence-electron chi connectivity index (χ4n) is 3.19. The zero-order valence-corrected chi connectivity index (χ0v) is 15.1. The number of nitrogens with zero attached hydrogens (tertiary/aromatic N) is 1. The van der Waals surface area contributed by atoms with E-state index in [4.69, 9.17) is 16.3 Å². The fourth-order valence-corrected chi connectivity index (χ4v) is 3.32. The molecule has 0 spiro atoms. The zero-order chi connectivity index (χ0) is 18.8. The number of hydrogen-bond acceptors (Lipinski definition) is 3. The topological polar surface area (TPSA) is 46.6 Å². The van der Waals surface area contributed by atoms with E-state index in [1.54, 1.807) is 48.5 Å². The lowest BCUT2D eigenvalue weighted by molar-refractivity contribution is 0.0529. The van der Waals surface area contributed by atoms with Crippen LogP contribution in [0.25, 0.3) is 0 Å². The number of rotatable bonds is 5. The molecule has 1 atom stereocenters. The Labute approximate surface area is 161 Å². The molecule has 1 heterocycles. The number of imide groups is 1. The molecule has 0 aromatic heterocycles. The summed E-state index contributed by atoms with van der Waals surface area (Å²) in [5, 5.41) is 0.613. The van der Waals surface area contributed by atoms with E-state index in [0.717, 1.165) is 5.56 Å². The molecule has 0 N–H and O–H groups in total. The maximum Gasteiger partial charge on any atom is 0.262 e. The van der Waals surface area contributed by atoms with Gasteiger partial charge in [0.2, 0.25) is 0 Å². The van der Waals surface area contributed by atoms with Crippen molar-refractivity contribution in [3.05, 3.63) is 101 Å². The first-order valence-electron chi connectivity index (χ1n) is 8.55. The second kappa shape index (κ2) is 7.25. The van der Waals surface area contributed by atoms with Gasteiger partial charge in [0.15, 0.2) is 0 Å². The highest BCUT2D eigenvalue weighted by atomic mass is 35.5. The van der Waals surface area contributed by atoms with E-state index in [9.17, 15) is 9.59 Å². The van der Waals surface area contributed by atoms with Gasteiger partial charge in [-0.3, -0.25) is 14.5 Å². The van der Waals surface area contributed by atoms with Gasteiger partial charge >= 0.3 is 0 Å². The Balaban J connectivity index is 1.66. The molecule has 27 heavy (non-hydrogen) atoms. The van der Waals surface area contributed by atoms with E-state index < -0.39 is 6.04 Å². The molecule has 4 rings (SSSR count). The molecule has 0 unspecified atom stereocenters. The molecular weight excluding hydrogens is 362 g/mol. The fraction of sp³-hybridized carbons (Fsp3) is 0.0909. The normalized spacial score (nSPS) is 14.2. The zero-order valence-electron chi connectivity index (χ0n) is 14.3. The van der Waals surface area contributed by atoms with Crippen molar-refractivity contribution in [2.45, 2.75) is 6.04 Å². The van der Waals surface area contributed by atoms with E-state index in [1.807, 2.05) is 30.3 Å². The third-order valence-electron chi connectivity index (χ3n) is 4.54. The lowest BCUT2D eigenvalue weighted by Gasteiger charge is -2.26. The second-order valence-electron chi connectivity index (χ2n) is 6.22. The van der Waals surface area contributed by atoms with Crippen LogP contribution in [0.15, 0.2) is 78.9 Å². The Morgan fingerprint density at radius 1 is 0.778 bits per heavy atom. The minimum Gasteiger partial charge on any atom is -0.491 e. The van der Waals surface area contributed by atoms with Crippen LogP contribution in [-0.2, 0) is 0 Å². The van der Waals surface area contributed by atoms with Crippen molar-refractivity contribution in [2.24, 2.45) is 0 Å². The van der Waals surface area contributed by atoms with Gasteiger partial charge in [0.05, 0.1) is 17.2 Å². The van der Waals surface area contributed by atoms with Crippen LogP contribution in [0.1, 0.15) is 32.3 Å². The smallest absolute Gasteiger partial charge is 0.262 e. The Morgan fingerprint density at radius 2 is 1.33 bits per heavy atom. The largest absolute Gasteiger partial charge is 0.491 e. The maximum atomic E-state index is 12.9. The molecule has 0 radical (unpaired) electrons. The van der Waals surface area contributed by atoms with Crippen LogP contribution >= 0.6 is 11.6 Å². The lowest BCUT2D eigenvalue weighted by atomic mass is 10.1. The van der Waals surface area contributed by atoms with Crippen molar-refractivity contribution < 1.29 is 14.3 Å². The van der Waals surface area contributed by atoms with Gasteiger partial charge in [-0.2, -0.15) is 0 Å². The summed E-state index contributed by atoms with van der Waals surface area (Å²) in [6, 6.07) is 22.7. The molecule has 0 aliphatic carbocycles. The van der Waals surface area contributed by atoms with E-state index >= 15 is 0 Å². The number of ether oxygens (including phenoxy) is 1. The highest BCUT2D eigenvalue weighted by Gasteiger charge is 2.40. The van der Waals surface area contributed by atoms with Crippen molar-refractivity contribution in [1.29, 1.82) is 0 Å². The lowest BCUT2D eigenvalue weighted by Crippen LogP contribution is -2.37. The number of carbonyl (C=O) groups is 2. The second-order valence-corrected chi connectivity index (χ2v) is 6.65. The quantitative estimate of drug-likeness (QED) is 0.602. The van der Waals surface area contributed by atoms with Crippen LogP contribution in [0.4, 0.5) is 0 Å². The highest BCUT2D eigenvalue weighted by Crippen LogP contribution is 2.32.